The van der Waals surface area contributed by atoms with E-state index in [0.29, 0.717) is 24.9 Å². The van der Waals surface area contributed by atoms with Crippen molar-refractivity contribution in [3.63, 3.8) is 0 Å². The molecular formula is C22H33N7O. The molecule has 2 N–H and O–H groups in total. The molecule has 2 aliphatic rings. The van der Waals surface area contributed by atoms with E-state index in [1.165, 1.54) is 24.1 Å². The second kappa shape index (κ2) is 8.71. The number of ether oxygens (including phenoxy) is 1. The highest BCUT2D eigenvalue weighted by Gasteiger charge is 2.31. The van der Waals surface area contributed by atoms with Crippen LogP contribution in [0.3, 0.4) is 0 Å². The molecule has 0 atom stereocenters. The number of fused-ring (bicyclic) bond motifs is 1. The molecule has 0 spiro atoms. The second-order valence-electron chi connectivity index (χ2n) is 8.21. The van der Waals surface area contributed by atoms with E-state index in [0.717, 1.165) is 61.0 Å². The minimum atomic E-state index is 0.510. The number of imidazole rings is 1. The average molecular weight is 412 g/mol. The van der Waals surface area contributed by atoms with Gasteiger partial charge in [-0.15, -0.1) is 0 Å². The van der Waals surface area contributed by atoms with Crippen molar-refractivity contribution in [1.82, 2.24) is 24.5 Å². The van der Waals surface area contributed by atoms with E-state index in [1.807, 2.05) is 18.6 Å². The molecule has 4 rings (SSSR count). The van der Waals surface area contributed by atoms with Crippen molar-refractivity contribution in [3.8, 4) is 0 Å². The minimum Gasteiger partial charge on any atom is -0.385 e. The molecule has 30 heavy (non-hydrogen) atoms. The van der Waals surface area contributed by atoms with Crippen molar-refractivity contribution in [2.45, 2.75) is 64.8 Å². The van der Waals surface area contributed by atoms with E-state index >= 15 is 0 Å². The van der Waals surface area contributed by atoms with Crippen molar-refractivity contribution in [1.29, 1.82) is 5.41 Å². The number of aryl methyl sites for hydroxylation is 3. The van der Waals surface area contributed by atoms with Crippen LogP contribution in [0.1, 0.15) is 72.1 Å². The Kier molecular flexibility index (Phi) is 6.04. The molecule has 8 heteroatoms. The highest BCUT2D eigenvalue weighted by atomic mass is 16.5. The summed E-state index contributed by atoms with van der Waals surface area (Å²) in [7, 11) is 3.59. The van der Waals surface area contributed by atoms with Gasteiger partial charge in [0.25, 0.3) is 0 Å². The molecule has 1 fully saturated rings. The van der Waals surface area contributed by atoms with Crippen LogP contribution in [0.2, 0.25) is 0 Å². The molecule has 2 aromatic rings. The molecule has 0 radical (unpaired) electrons. The third-order valence-electron chi connectivity index (χ3n) is 6.08. The first kappa shape index (κ1) is 20.8. The van der Waals surface area contributed by atoms with Crippen LogP contribution in [0.25, 0.3) is 0 Å². The maximum atomic E-state index is 9.05. The molecule has 1 aliphatic carbocycles. The molecule has 0 unspecified atom stereocenters. The minimum absolute atomic E-state index is 0.510. The number of aromatic nitrogens is 4. The van der Waals surface area contributed by atoms with Crippen LogP contribution in [-0.2, 0) is 30.5 Å². The quantitative estimate of drug-likeness (QED) is 0.394. The number of hydrogen-bond donors (Lipinski definition) is 2. The third kappa shape index (κ3) is 3.93. The van der Waals surface area contributed by atoms with Crippen molar-refractivity contribution in [3.05, 3.63) is 40.0 Å². The first-order valence-electron chi connectivity index (χ1n) is 11.0. The van der Waals surface area contributed by atoms with E-state index in [-0.39, 0.29) is 0 Å². The standard InChI is InChI=1S/C22H33N7O/c1-5-17-16-13-28(11-10-18(16)27-22(26-17)15-8-9-15)21(23)20-19(7-6-12-30-4)25-14(2)29(20)24-3/h15,23-24H,5-13H2,1-4H3. The first-order chi connectivity index (χ1) is 14.6. The van der Waals surface area contributed by atoms with Gasteiger partial charge in [-0.3, -0.25) is 5.41 Å². The molecule has 0 aromatic carbocycles. The highest BCUT2D eigenvalue weighted by molar-refractivity contribution is 5.96. The average Bonchev–Trinajstić information content (AvgIpc) is 3.56. The highest BCUT2D eigenvalue weighted by Crippen LogP contribution is 2.39. The van der Waals surface area contributed by atoms with Gasteiger partial charge in [0.2, 0.25) is 0 Å². The van der Waals surface area contributed by atoms with E-state index in [1.54, 1.807) is 7.11 Å². The summed E-state index contributed by atoms with van der Waals surface area (Å²) in [5.41, 5.74) is 8.55. The second-order valence-corrected chi connectivity index (χ2v) is 8.21. The third-order valence-corrected chi connectivity index (χ3v) is 6.08. The van der Waals surface area contributed by atoms with Crippen LogP contribution in [0.5, 0.6) is 0 Å². The van der Waals surface area contributed by atoms with Gasteiger partial charge in [-0.25, -0.2) is 19.6 Å². The summed E-state index contributed by atoms with van der Waals surface area (Å²) in [6.45, 7) is 6.31. The van der Waals surface area contributed by atoms with Gasteiger partial charge in [-0.2, -0.15) is 0 Å². The van der Waals surface area contributed by atoms with Gasteiger partial charge in [0.1, 0.15) is 23.2 Å². The molecule has 1 saturated carbocycles. The van der Waals surface area contributed by atoms with Gasteiger partial charge >= 0.3 is 0 Å². The molecule has 0 amide bonds. The summed E-state index contributed by atoms with van der Waals surface area (Å²) in [5.74, 6) is 2.99. The van der Waals surface area contributed by atoms with Crippen LogP contribution in [-0.4, -0.2) is 57.7 Å². The largest absolute Gasteiger partial charge is 0.385 e. The summed E-state index contributed by atoms with van der Waals surface area (Å²) in [4.78, 5) is 16.7. The van der Waals surface area contributed by atoms with Crippen LogP contribution in [0, 0.1) is 12.3 Å². The monoisotopic (exact) mass is 411 g/mol. The Morgan fingerprint density at radius 3 is 2.70 bits per heavy atom. The lowest BCUT2D eigenvalue weighted by Gasteiger charge is -2.32. The predicted molar refractivity (Wildman–Crippen MR) is 117 cm³/mol. The van der Waals surface area contributed by atoms with Crippen molar-refractivity contribution >= 4 is 5.84 Å². The van der Waals surface area contributed by atoms with E-state index < -0.39 is 0 Å². The van der Waals surface area contributed by atoms with Gasteiger partial charge in [0, 0.05) is 57.4 Å². The van der Waals surface area contributed by atoms with Crippen LogP contribution in [0.4, 0.5) is 0 Å². The van der Waals surface area contributed by atoms with Gasteiger partial charge in [-0.05, 0) is 39.0 Å². The number of rotatable bonds is 8. The van der Waals surface area contributed by atoms with Gasteiger partial charge in [-0.1, -0.05) is 6.92 Å². The Labute approximate surface area is 178 Å². The number of nitrogens with zero attached hydrogens (tertiary/aromatic N) is 5. The van der Waals surface area contributed by atoms with Crippen LogP contribution in [0.15, 0.2) is 0 Å². The summed E-state index contributed by atoms with van der Waals surface area (Å²) in [5, 5.41) is 9.05. The van der Waals surface area contributed by atoms with Gasteiger partial charge in [0.15, 0.2) is 0 Å². The predicted octanol–water partition coefficient (Wildman–Crippen LogP) is 2.56. The molecule has 3 heterocycles. The Bertz CT molecular complexity index is 915. The van der Waals surface area contributed by atoms with Crippen LogP contribution >= 0.6 is 0 Å². The maximum Gasteiger partial charge on any atom is 0.149 e. The molecule has 2 aromatic heterocycles. The summed E-state index contributed by atoms with van der Waals surface area (Å²) in [6, 6.07) is 0. The van der Waals surface area contributed by atoms with Crippen molar-refractivity contribution in [2.24, 2.45) is 0 Å². The summed E-state index contributed by atoms with van der Waals surface area (Å²) in [6.07, 6.45) is 5.88. The lowest BCUT2D eigenvalue weighted by Crippen LogP contribution is -2.39. The molecule has 0 bridgehead atoms. The zero-order chi connectivity index (χ0) is 21.3. The molecule has 8 nitrogen and oxygen atoms in total. The number of methoxy groups -OCH3 is 1. The summed E-state index contributed by atoms with van der Waals surface area (Å²) < 4.78 is 7.13. The van der Waals surface area contributed by atoms with E-state index in [2.05, 4.69) is 17.2 Å². The Hall–Kier alpha value is -2.48. The molecular weight excluding hydrogens is 378 g/mol. The zero-order valence-electron chi connectivity index (χ0n) is 18.6. The molecule has 1 aliphatic heterocycles. The number of hydrogen-bond acceptors (Lipinski definition) is 6. The molecule has 162 valence electrons. The molecule has 0 saturated heterocycles. The maximum absolute atomic E-state index is 9.05. The van der Waals surface area contributed by atoms with E-state index in [9.17, 15) is 0 Å². The topological polar surface area (TPSA) is 92.0 Å². The van der Waals surface area contributed by atoms with Crippen molar-refractivity contribution in [2.75, 3.05) is 32.7 Å². The Morgan fingerprint density at radius 2 is 2.03 bits per heavy atom. The fraction of sp³-hybridized carbons (Fsp3) is 0.636. The fourth-order valence-electron chi connectivity index (χ4n) is 4.32. The first-order valence-corrected chi connectivity index (χ1v) is 11.0. The van der Waals surface area contributed by atoms with Gasteiger partial charge in [0.05, 0.1) is 11.4 Å². The van der Waals surface area contributed by atoms with Crippen molar-refractivity contribution < 1.29 is 4.74 Å². The fourth-order valence-corrected chi connectivity index (χ4v) is 4.32. The van der Waals surface area contributed by atoms with Crippen LogP contribution < -0.4 is 5.43 Å². The van der Waals surface area contributed by atoms with Gasteiger partial charge < -0.3 is 15.1 Å². The SMILES string of the molecule is CCc1nc(C2CC2)nc2c1CN(C(=N)c1c(CCCOC)nc(C)n1NC)CC2. The lowest BCUT2D eigenvalue weighted by atomic mass is 10.0. The lowest BCUT2D eigenvalue weighted by molar-refractivity contribution is 0.195. The Morgan fingerprint density at radius 1 is 1.23 bits per heavy atom. The normalized spacial score (nSPS) is 15.9. The Balaban J connectivity index is 1.61. The smallest absolute Gasteiger partial charge is 0.149 e. The number of nitrogens with one attached hydrogen (secondary N) is 2. The van der Waals surface area contributed by atoms with E-state index in [4.69, 9.17) is 25.1 Å². The number of amidine groups is 1. The summed E-state index contributed by atoms with van der Waals surface area (Å²) >= 11 is 0. The zero-order valence-corrected chi connectivity index (χ0v) is 18.6.